The van der Waals surface area contributed by atoms with E-state index in [0.29, 0.717) is 5.92 Å². The Morgan fingerprint density at radius 2 is 2.22 bits per heavy atom. The number of rotatable bonds is 0. The molecule has 1 fully saturated rings. The van der Waals surface area contributed by atoms with E-state index in [0.717, 1.165) is 12.8 Å². The third-order valence-corrected chi connectivity index (χ3v) is 1.93. The minimum atomic E-state index is -0.356. The largest absolute Gasteiger partial charge is 0.392 e. The summed E-state index contributed by atoms with van der Waals surface area (Å²) >= 11 is 0. The Morgan fingerprint density at radius 3 is 2.44 bits per heavy atom. The molecule has 3 atom stereocenters. The highest BCUT2D eigenvalue weighted by Gasteiger charge is 2.29. The molecular formula is C7H11NO. The highest BCUT2D eigenvalue weighted by molar-refractivity contribution is 4.94. The summed E-state index contributed by atoms with van der Waals surface area (Å²) in [5.41, 5.74) is 0. The first-order valence-electron chi connectivity index (χ1n) is 3.31. The molecule has 0 saturated heterocycles. The average Bonchev–Trinajstić information content (AvgIpc) is 2.10. The van der Waals surface area contributed by atoms with Gasteiger partial charge in [-0.05, 0) is 18.8 Å². The third-order valence-electron chi connectivity index (χ3n) is 1.93. The maximum Gasteiger partial charge on any atom is 0.0725 e. The molecule has 1 N–H and O–H groups in total. The minimum Gasteiger partial charge on any atom is -0.392 e. The van der Waals surface area contributed by atoms with Crippen LogP contribution in [0.5, 0.6) is 0 Å². The zero-order chi connectivity index (χ0) is 6.85. The van der Waals surface area contributed by atoms with Gasteiger partial charge in [0, 0.05) is 0 Å². The first kappa shape index (κ1) is 6.57. The van der Waals surface area contributed by atoms with Crippen molar-refractivity contribution in [2.75, 3.05) is 0 Å². The maximum atomic E-state index is 9.14. The normalized spacial score (nSPS) is 42.6. The van der Waals surface area contributed by atoms with E-state index >= 15 is 0 Å². The molecule has 50 valence electrons. The van der Waals surface area contributed by atoms with Crippen molar-refractivity contribution < 1.29 is 5.11 Å². The number of hydrogen-bond donors (Lipinski definition) is 1. The second-order valence-corrected chi connectivity index (χ2v) is 2.88. The highest BCUT2D eigenvalue weighted by atomic mass is 16.3. The molecule has 0 spiro atoms. The molecule has 0 amide bonds. The van der Waals surface area contributed by atoms with Gasteiger partial charge >= 0.3 is 0 Å². The maximum absolute atomic E-state index is 9.14. The molecule has 2 heteroatoms. The molecule has 1 unspecified atom stereocenters. The van der Waals surface area contributed by atoms with Gasteiger partial charge in [-0.1, -0.05) is 6.92 Å². The van der Waals surface area contributed by atoms with Gasteiger partial charge in [-0.2, -0.15) is 5.26 Å². The van der Waals surface area contributed by atoms with Crippen LogP contribution in [-0.4, -0.2) is 11.2 Å². The van der Waals surface area contributed by atoms with Crippen LogP contribution >= 0.6 is 0 Å². The van der Waals surface area contributed by atoms with Crippen molar-refractivity contribution in [1.82, 2.24) is 0 Å². The molecule has 1 saturated carbocycles. The molecule has 1 aliphatic rings. The van der Waals surface area contributed by atoms with Crippen LogP contribution in [0.3, 0.4) is 0 Å². The topological polar surface area (TPSA) is 44.0 Å². The van der Waals surface area contributed by atoms with Gasteiger partial charge in [-0.15, -0.1) is 0 Å². The highest BCUT2D eigenvalue weighted by Crippen LogP contribution is 2.29. The molecule has 0 aliphatic heterocycles. The Morgan fingerprint density at radius 1 is 1.56 bits per heavy atom. The van der Waals surface area contributed by atoms with E-state index in [1.54, 1.807) is 0 Å². The van der Waals surface area contributed by atoms with Crippen LogP contribution < -0.4 is 0 Å². The fraction of sp³-hybridized carbons (Fsp3) is 0.857. The van der Waals surface area contributed by atoms with E-state index in [1.165, 1.54) is 0 Å². The van der Waals surface area contributed by atoms with Crippen LogP contribution in [0.4, 0.5) is 0 Å². The second-order valence-electron chi connectivity index (χ2n) is 2.88. The summed E-state index contributed by atoms with van der Waals surface area (Å²) < 4.78 is 0. The zero-order valence-electron chi connectivity index (χ0n) is 5.54. The van der Waals surface area contributed by atoms with E-state index < -0.39 is 0 Å². The Kier molecular flexibility index (Phi) is 1.73. The summed E-state index contributed by atoms with van der Waals surface area (Å²) in [6.07, 6.45) is 1.32. The van der Waals surface area contributed by atoms with Crippen LogP contribution in [0.25, 0.3) is 0 Å². The van der Waals surface area contributed by atoms with E-state index in [9.17, 15) is 0 Å². The van der Waals surface area contributed by atoms with Crippen LogP contribution in [0.2, 0.25) is 0 Å². The predicted octanol–water partition coefficient (Wildman–Crippen LogP) is 0.917. The molecule has 1 aliphatic carbocycles. The zero-order valence-corrected chi connectivity index (χ0v) is 5.54. The first-order valence-corrected chi connectivity index (χ1v) is 3.31. The van der Waals surface area contributed by atoms with E-state index in [-0.39, 0.29) is 12.0 Å². The monoisotopic (exact) mass is 125 g/mol. The fourth-order valence-electron chi connectivity index (χ4n) is 1.40. The molecule has 0 aromatic carbocycles. The predicted molar refractivity (Wildman–Crippen MR) is 33.5 cm³/mol. The summed E-state index contributed by atoms with van der Waals surface area (Å²) in [5.74, 6) is 0.435. The lowest BCUT2D eigenvalue weighted by Crippen LogP contribution is -2.09. The average molecular weight is 125 g/mol. The van der Waals surface area contributed by atoms with Crippen molar-refractivity contribution in [3.63, 3.8) is 0 Å². The van der Waals surface area contributed by atoms with Gasteiger partial charge in [0.15, 0.2) is 0 Å². The number of aliphatic hydroxyl groups excluding tert-OH is 1. The lowest BCUT2D eigenvalue weighted by Gasteiger charge is -2.01. The summed E-state index contributed by atoms with van der Waals surface area (Å²) in [7, 11) is 0. The number of aliphatic hydroxyl groups is 1. The van der Waals surface area contributed by atoms with E-state index in [2.05, 4.69) is 13.0 Å². The lowest BCUT2D eigenvalue weighted by atomic mass is 10.1. The van der Waals surface area contributed by atoms with Crippen LogP contribution in [-0.2, 0) is 0 Å². The van der Waals surface area contributed by atoms with Gasteiger partial charge in [0.05, 0.1) is 18.1 Å². The van der Waals surface area contributed by atoms with Crippen molar-refractivity contribution in [3.05, 3.63) is 0 Å². The van der Waals surface area contributed by atoms with Crippen molar-refractivity contribution in [3.8, 4) is 6.07 Å². The summed E-state index contributed by atoms with van der Waals surface area (Å²) in [6, 6.07) is 2.09. The quantitative estimate of drug-likeness (QED) is 0.523. The number of hydrogen-bond acceptors (Lipinski definition) is 2. The van der Waals surface area contributed by atoms with Gasteiger partial charge in [0.2, 0.25) is 0 Å². The van der Waals surface area contributed by atoms with Crippen LogP contribution in [0.1, 0.15) is 19.8 Å². The summed E-state index contributed by atoms with van der Waals surface area (Å²) in [4.78, 5) is 0. The third kappa shape index (κ3) is 1.22. The molecule has 1 rings (SSSR count). The molecule has 2 nitrogen and oxygen atoms in total. The Bertz CT molecular complexity index is 138. The van der Waals surface area contributed by atoms with Gasteiger partial charge in [-0.25, -0.2) is 0 Å². The first-order chi connectivity index (χ1) is 4.24. The van der Waals surface area contributed by atoms with Crippen molar-refractivity contribution in [1.29, 1.82) is 5.26 Å². The fourth-order valence-corrected chi connectivity index (χ4v) is 1.40. The van der Waals surface area contributed by atoms with Crippen molar-refractivity contribution >= 4 is 0 Å². The SMILES string of the molecule is CC1C[C@@H](C#N)[C@@H](O)C1. The Hall–Kier alpha value is -0.550. The van der Waals surface area contributed by atoms with Gasteiger partial charge in [-0.3, -0.25) is 0 Å². The smallest absolute Gasteiger partial charge is 0.0725 e. The van der Waals surface area contributed by atoms with Gasteiger partial charge in [0.25, 0.3) is 0 Å². The molecule has 0 radical (unpaired) electrons. The standard InChI is InChI=1S/C7H11NO/c1-5-2-6(4-8)7(9)3-5/h5-7,9H,2-3H2,1H3/t5?,6-,7-/m0/s1. The molecule has 0 aromatic heterocycles. The summed E-state index contributed by atoms with van der Waals surface area (Å²) in [5, 5.41) is 17.6. The molecule has 9 heavy (non-hydrogen) atoms. The second kappa shape index (κ2) is 2.36. The van der Waals surface area contributed by atoms with Crippen molar-refractivity contribution in [2.24, 2.45) is 11.8 Å². The van der Waals surface area contributed by atoms with E-state index in [4.69, 9.17) is 10.4 Å². The lowest BCUT2D eigenvalue weighted by molar-refractivity contribution is 0.153. The molecule has 0 heterocycles. The summed E-state index contributed by atoms with van der Waals surface area (Å²) in [6.45, 7) is 2.07. The minimum absolute atomic E-state index is 0.0972. The van der Waals surface area contributed by atoms with Gasteiger partial charge in [0.1, 0.15) is 0 Å². The van der Waals surface area contributed by atoms with Gasteiger partial charge < -0.3 is 5.11 Å². The molecule has 0 aromatic rings. The Balaban J connectivity index is 2.50. The molecular weight excluding hydrogens is 114 g/mol. The molecule has 0 bridgehead atoms. The number of nitriles is 1. The Labute approximate surface area is 55.1 Å². The number of nitrogens with zero attached hydrogens (tertiary/aromatic N) is 1. The van der Waals surface area contributed by atoms with Crippen LogP contribution in [0, 0.1) is 23.2 Å². The van der Waals surface area contributed by atoms with Crippen molar-refractivity contribution in [2.45, 2.75) is 25.9 Å². The van der Waals surface area contributed by atoms with Crippen LogP contribution in [0.15, 0.2) is 0 Å². The van der Waals surface area contributed by atoms with E-state index in [1.807, 2.05) is 0 Å².